The van der Waals surface area contributed by atoms with Gasteiger partial charge in [-0.25, -0.2) is 4.98 Å². The number of carbonyl (C=O) groups excluding carboxylic acids is 1. The van der Waals surface area contributed by atoms with Crippen molar-refractivity contribution in [3.63, 3.8) is 0 Å². The van der Waals surface area contributed by atoms with E-state index < -0.39 is 0 Å². The van der Waals surface area contributed by atoms with E-state index in [0.29, 0.717) is 43.6 Å². The highest BCUT2D eigenvalue weighted by atomic mass is 16.2. The minimum atomic E-state index is -0.109. The van der Waals surface area contributed by atoms with E-state index >= 15 is 0 Å². The number of anilines is 2. The quantitative estimate of drug-likeness (QED) is 0.547. The predicted molar refractivity (Wildman–Crippen MR) is 131 cm³/mol. The molecule has 5 rings (SSSR count). The van der Waals surface area contributed by atoms with Gasteiger partial charge in [0, 0.05) is 65.3 Å². The summed E-state index contributed by atoms with van der Waals surface area (Å²) in [4.78, 5) is 38.3. The van der Waals surface area contributed by atoms with Crippen molar-refractivity contribution in [3.8, 4) is 0 Å². The lowest BCUT2D eigenvalue weighted by Crippen LogP contribution is -2.49. The molecule has 2 aliphatic rings. The number of para-hydroxylation sites is 1. The standard InChI is InChI=1S/C24H30N8O2/c1-28-10-12-29(13-11-28)21-6-7-22(27-26-21)30-14-16-31(17-15-30)23(33)8-9-32-18-25-20-5-3-2-4-19(20)24(32)34/h2-7,18H,8-17H2,1H3. The molecule has 0 aliphatic carbocycles. The molecule has 1 amide bonds. The summed E-state index contributed by atoms with van der Waals surface area (Å²) in [5, 5.41) is 9.47. The van der Waals surface area contributed by atoms with Gasteiger partial charge in [0.1, 0.15) is 0 Å². The lowest BCUT2D eigenvalue weighted by Gasteiger charge is -2.36. The predicted octanol–water partition coefficient (Wildman–Crippen LogP) is 0.677. The number of aryl methyl sites for hydroxylation is 1. The van der Waals surface area contributed by atoms with Gasteiger partial charge in [0.2, 0.25) is 5.91 Å². The zero-order valence-electron chi connectivity index (χ0n) is 19.5. The molecule has 178 valence electrons. The van der Waals surface area contributed by atoms with Gasteiger partial charge in [0.05, 0.1) is 17.2 Å². The summed E-state index contributed by atoms with van der Waals surface area (Å²) in [6, 6.07) is 11.3. The summed E-state index contributed by atoms with van der Waals surface area (Å²) in [7, 11) is 2.14. The second-order valence-electron chi connectivity index (χ2n) is 8.92. The van der Waals surface area contributed by atoms with E-state index in [4.69, 9.17) is 0 Å². The molecule has 2 aromatic heterocycles. The Morgan fingerprint density at radius 3 is 2.12 bits per heavy atom. The third kappa shape index (κ3) is 4.72. The molecule has 10 nitrogen and oxygen atoms in total. The van der Waals surface area contributed by atoms with Gasteiger partial charge >= 0.3 is 0 Å². The molecule has 0 radical (unpaired) electrons. The van der Waals surface area contributed by atoms with E-state index in [2.05, 4.69) is 36.9 Å². The second kappa shape index (κ2) is 9.76. The maximum atomic E-state index is 12.8. The molecule has 0 bridgehead atoms. The highest BCUT2D eigenvalue weighted by Gasteiger charge is 2.23. The minimum Gasteiger partial charge on any atom is -0.353 e. The van der Waals surface area contributed by atoms with Crippen molar-refractivity contribution in [1.82, 2.24) is 29.5 Å². The minimum absolute atomic E-state index is 0.0520. The fourth-order valence-electron chi connectivity index (χ4n) is 4.52. The average molecular weight is 463 g/mol. The molecule has 2 saturated heterocycles. The number of likely N-dealkylation sites (N-methyl/N-ethyl adjacent to an activating group) is 1. The molecule has 34 heavy (non-hydrogen) atoms. The van der Waals surface area contributed by atoms with E-state index in [1.807, 2.05) is 35.2 Å². The van der Waals surface area contributed by atoms with Gasteiger partial charge in [0.15, 0.2) is 11.6 Å². The van der Waals surface area contributed by atoms with E-state index in [0.717, 1.165) is 37.8 Å². The van der Waals surface area contributed by atoms with Gasteiger partial charge in [0.25, 0.3) is 5.56 Å². The van der Waals surface area contributed by atoms with Crippen molar-refractivity contribution in [3.05, 3.63) is 53.1 Å². The molecule has 4 heterocycles. The Bertz CT molecular complexity index is 1200. The third-order valence-electron chi connectivity index (χ3n) is 6.72. The number of carbonyl (C=O) groups is 1. The van der Waals surface area contributed by atoms with Crippen molar-refractivity contribution >= 4 is 28.4 Å². The number of nitrogens with zero attached hydrogens (tertiary/aromatic N) is 8. The van der Waals surface area contributed by atoms with E-state index in [9.17, 15) is 9.59 Å². The van der Waals surface area contributed by atoms with Gasteiger partial charge in [-0.2, -0.15) is 0 Å². The Morgan fingerprint density at radius 2 is 1.47 bits per heavy atom. The molecule has 0 spiro atoms. The highest BCUT2D eigenvalue weighted by molar-refractivity contribution is 5.77. The average Bonchev–Trinajstić information content (AvgIpc) is 2.89. The fourth-order valence-corrected chi connectivity index (χ4v) is 4.52. The molecule has 3 aromatic rings. The Balaban J connectivity index is 1.13. The van der Waals surface area contributed by atoms with Crippen LogP contribution in [-0.2, 0) is 11.3 Å². The molecule has 2 aliphatic heterocycles. The maximum Gasteiger partial charge on any atom is 0.261 e. The molecule has 2 fully saturated rings. The van der Waals surface area contributed by atoms with Crippen LogP contribution in [-0.4, -0.2) is 94.9 Å². The van der Waals surface area contributed by atoms with Crippen LogP contribution in [0.2, 0.25) is 0 Å². The second-order valence-corrected chi connectivity index (χ2v) is 8.92. The summed E-state index contributed by atoms with van der Waals surface area (Å²) < 4.78 is 1.52. The number of amides is 1. The summed E-state index contributed by atoms with van der Waals surface area (Å²) in [5.41, 5.74) is 0.563. The zero-order chi connectivity index (χ0) is 23.5. The first-order valence-corrected chi connectivity index (χ1v) is 11.8. The smallest absolute Gasteiger partial charge is 0.261 e. The fraction of sp³-hybridized carbons (Fsp3) is 0.458. The molecule has 0 saturated carbocycles. The van der Waals surface area contributed by atoms with Crippen molar-refractivity contribution in [1.29, 1.82) is 0 Å². The number of fused-ring (bicyclic) bond motifs is 1. The molecular weight excluding hydrogens is 432 g/mol. The van der Waals surface area contributed by atoms with E-state index in [1.165, 1.54) is 10.9 Å². The van der Waals surface area contributed by atoms with E-state index in [-0.39, 0.29) is 17.9 Å². The first-order chi connectivity index (χ1) is 16.6. The summed E-state index contributed by atoms with van der Waals surface area (Å²) in [6.45, 7) is 7.01. The molecule has 0 atom stereocenters. The van der Waals surface area contributed by atoms with Crippen LogP contribution in [0.5, 0.6) is 0 Å². The third-order valence-corrected chi connectivity index (χ3v) is 6.72. The van der Waals surface area contributed by atoms with Gasteiger partial charge in [-0.1, -0.05) is 12.1 Å². The van der Waals surface area contributed by atoms with Gasteiger partial charge in [-0.3, -0.25) is 14.2 Å². The summed E-state index contributed by atoms with van der Waals surface area (Å²) in [5.74, 6) is 1.82. The number of rotatable bonds is 5. The Morgan fingerprint density at radius 1 is 0.853 bits per heavy atom. The van der Waals surface area contributed by atoms with Crippen molar-refractivity contribution < 1.29 is 4.79 Å². The van der Waals surface area contributed by atoms with Crippen LogP contribution in [0, 0.1) is 0 Å². The topological polar surface area (TPSA) is 90.7 Å². The monoisotopic (exact) mass is 462 g/mol. The van der Waals surface area contributed by atoms with Gasteiger partial charge in [-0.05, 0) is 31.3 Å². The molecule has 1 aromatic carbocycles. The summed E-state index contributed by atoms with van der Waals surface area (Å²) >= 11 is 0. The molecule has 0 unspecified atom stereocenters. The SMILES string of the molecule is CN1CCN(c2ccc(N3CCN(C(=O)CCn4cnc5ccccc5c4=O)CC3)nn2)CC1. The van der Waals surface area contributed by atoms with Crippen molar-refractivity contribution in [2.45, 2.75) is 13.0 Å². The molecule has 0 N–H and O–H groups in total. The van der Waals surface area contributed by atoms with Crippen LogP contribution >= 0.6 is 0 Å². The number of aromatic nitrogens is 4. The number of hydrogen-bond donors (Lipinski definition) is 0. The van der Waals surface area contributed by atoms with Crippen LogP contribution < -0.4 is 15.4 Å². The zero-order valence-corrected chi connectivity index (χ0v) is 19.5. The number of hydrogen-bond acceptors (Lipinski definition) is 8. The Labute approximate surface area is 198 Å². The Hall–Kier alpha value is -3.53. The molecular formula is C24H30N8O2. The lowest BCUT2D eigenvalue weighted by atomic mass is 10.2. The number of piperazine rings is 2. The van der Waals surface area contributed by atoms with Crippen LogP contribution in [0.4, 0.5) is 11.6 Å². The van der Waals surface area contributed by atoms with E-state index in [1.54, 1.807) is 6.07 Å². The lowest BCUT2D eigenvalue weighted by molar-refractivity contribution is -0.131. The van der Waals surface area contributed by atoms with Crippen molar-refractivity contribution in [2.24, 2.45) is 0 Å². The van der Waals surface area contributed by atoms with Gasteiger partial charge in [-0.15, -0.1) is 10.2 Å². The summed E-state index contributed by atoms with van der Waals surface area (Å²) in [6.07, 6.45) is 1.81. The van der Waals surface area contributed by atoms with Gasteiger partial charge < -0.3 is 19.6 Å². The van der Waals surface area contributed by atoms with Crippen LogP contribution in [0.25, 0.3) is 10.9 Å². The van der Waals surface area contributed by atoms with Crippen LogP contribution in [0.3, 0.4) is 0 Å². The maximum absolute atomic E-state index is 12.8. The first-order valence-electron chi connectivity index (χ1n) is 11.8. The normalized spacial score (nSPS) is 17.4. The molecule has 10 heteroatoms. The number of benzene rings is 1. The van der Waals surface area contributed by atoms with Crippen LogP contribution in [0.15, 0.2) is 47.5 Å². The van der Waals surface area contributed by atoms with Crippen LogP contribution in [0.1, 0.15) is 6.42 Å². The first kappa shape index (κ1) is 22.3. The Kier molecular flexibility index (Phi) is 6.39. The van der Waals surface area contributed by atoms with Crippen molar-refractivity contribution in [2.75, 3.05) is 69.2 Å². The largest absolute Gasteiger partial charge is 0.353 e. The highest BCUT2D eigenvalue weighted by Crippen LogP contribution is 2.18.